The summed E-state index contributed by atoms with van der Waals surface area (Å²) in [6.45, 7) is 3.72. The Bertz CT molecular complexity index is 467. The third-order valence-electron chi connectivity index (χ3n) is 2.69. The molecule has 0 aliphatic rings. The SMILES string of the molecule is CCCc1ccc(CN(C)Cc2cnccn2)o1. The number of furan rings is 1. The quantitative estimate of drug-likeness (QED) is 0.784. The maximum Gasteiger partial charge on any atom is 0.118 e. The Kier molecular flexibility index (Phi) is 4.47. The highest BCUT2D eigenvalue weighted by atomic mass is 16.3. The molecule has 0 N–H and O–H groups in total. The summed E-state index contributed by atoms with van der Waals surface area (Å²) in [5, 5.41) is 0. The van der Waals surface area contributed by atoms with Crippen molar-refractivity contribution in [3.05, 3.63) is 47.9 Å². The molecule has 96 valence electrons. The minimum absolute atomic E-state index is 0.775. The molecule has 0 saturated carbocycles. The zero-order valence-corrected chi connectivity index (χ0v) is 11.0. The third-order valence-corrected chi connectivity index (χ3v) is 2.69. The van der Waals surface area contributed by atoms with Gasteiger partial charge in [0.15, 0.2) is 0 Å². The molecule has 0 unspecified atom stereocenters. The highest BCUT2D eigenvalue weighted by Gasteiger charge is 2.06. The van der Waals surface area contributed by atoms with Crippen molar-refractivity contribution in [3.63, 3.8) is 0 Å². The lowest BCUT2D eigenvalue weighted by molar-refractivity contribution is 0.280. The number of hydrogen-bond donors (Lipinski definition) is 0. The van der Waals surface area contributed by atoms with Crippen LogP contribution in [0.4, 0.5) is 0 Å². The largest absolute Gasteiger partial charge is 0.465 e. The molecule has 0 bridgehead atoms. The van der Waals surface area contributed by atoms with Gasteiger partial charge in [-0.25, -0.2) is 0 Å². The van der Waals surface area contributed by atoms with E-state index in [1.165, 1.54) is 0 Å². The van der Waals surface area contributed by atoms with Gasteiger partial charge in [0.25, 0.3) is 0 Å². The Morgan fingerprint density at radius 2 is 2.00 bits per heavy atom. The van der Waals surface area contributed by atoms with Gasteiger partial charge in [0.1, 0.15) is 11.5 Å². The van der Waals surface area contributed by atoms with E-state index < -0.39 is 0 Å². The molecule has 2 heterocycles. The van der Waals surface area contributed by atoms with Crippen molar-refractivity contribution in [3.8, 4) is 0 Å². The average molecular weight is 245 g/mol. The Morgan fingerprint density at radius 1 is 1.17 bits per heavy atom. The van der Waals surface area contributed by atoms with E-state index in [-0.39, 0.29) is 0 Å². The van der Waals surface area contributed by atoms with Gasteiger partial charge >= 0.3 is 0 Å². The number of aryl methyl sites for hydroxylation is 1. The van der Waals surface area contributed by atoms with E-state index in [4.69, 9.17) is 4.42 Å². The van der Waals surface area contributed by atoms with Gasteiger partial charge in [-0.05, 0) is 25.6 Å². The van der Waals surface area contributed by atoms with Crippen molar-refractivity contribution in [1.82, 2.24) is 14.9 Å². The Morgan fingerprint density at radius 3 is 2.72 bits per heavy atom. The number of nitrogens with zero attached hydrogens (tertiary/aromatic N) is 3. The van der Waals surface area contributed by atoms with E-state index >= 15 is 0 Å². The van der Waals surface area contributed by atoms with E-state index in [2.05, 4.69) is 41.0 Å². The summed E-state index contributed by atoms with van der Waals surface area (Å²) >= 11 is 0. The molecule has 4 nitrogen and oxygen atoms in total. The number of hydrogen-bond acceptors (Lipinski definition) is 4. The summed E-state index contributed by atoms with van der Waals surface area (Å²) in [5.74, 6) is 2.07. The summed E-state index contributed by atoms with van der Waals surface area (Å²) < 4.78 is 5.75. The van der Waals surface area contributed by atoms with Crippen LogP contribution in [0.15, 0.2) is 35.1 Å². The molecule has 0 aromatic carbocycles. The van der Waals surface area contributed by atoms with Gasteiger partial charge in [-0.1, -0.05) is 6.92 Å². The topological polar surface area (TPSA) is 42.2 Å². The molecule has 0 aliphatic carbocycles. The van der Waals surface area contributed by atoms with Crippen LogP contribution < -0.4 is 0 Å². The molecule has 0 spiro atoms. The Labute approximate surface area is 108 Å². The van der Waals surface area contributed by atoms with Gasteiger partial charge in [0, 0.05) is 31.6 Å². The molecular formula is C14H19N3O. The van der Waals surface area contributed by atoms with Crippen molar-refractivity contribution >= 4 is 0 Å². The molecule has 0 atom stereocenters. The molecule has 0 radical (unpaired) electrons. The monoisotopic (exact) mass is 245 g/mol. The highest BCUT2D eigenvalue weighted by Crippen LogP contribution is 2.12. The molecule has 4 heteroatoms. The second kappa shape index (κ2) is 6.31. The fourth-order valence-corrected chi connectivity index (χ4v) is 1.90. The lowest BCUT2D eigenvalue weighted by atomic mass is 10.3. The molecule has 0 fully saturated rings. The third kappa shape index (κ3) is 3.67. The molecule has 18 heavy (non-hydrogen) atoms. The van der Waals surface area contributed by atoms with Crippen LogP contribution in [-0.4, -0.2) is 21.9 Å². The zero-order valence-electron chi connectivity index (χ0n) is 11.0. The van der Waals surface area contributed by atoms with Crippen LogP contribution in [0.1, 0.15) is 30.6 Å². The normalized spacial score (nSPS) is 11.1. The van der Waals surface area contributed by atoms with Gasteiger partial charge < -0.3 is 4.42 Å². The van der Waals surface area contributed by atoms with Crippen molar-refractivity contribution < 1.29 is 4.42 Å². The predicted octanol–water partition coefficient (Wildman–Crippen LogP) is 2.65. The van der Waals surface area contributed by atoms with Gasteiger partial charge in [-0.15, -0.1) is 0 Å². The number of aromatic nitrogens is 2. The van der Waals surface area contributed by atoms with Gasteiger partial charge in [0.05, 0.1) is 12.2 Å². The van der Waals surface area contributed by atoms with E-state index in [9.17, 15) is 0 Å². The Hall–Kier alpha value is -1.68. The van der Waals surface area contributed by atoms with Crippen LogP contribution in [0.3, 0.4) is 0 Å². The summed E-state index contributed by atoms with van der Waals surface area (Å²) in [7, 11) is 2.05. The van der Waals surface area contributed by atoms with Gasteiger partial charge in [0.2, 0.25) is 0 Å². The van der Waals surface area contributed by atoms with Gasteiger partial charge in [-0.3, -0.25) is 14.9 Å². The Balaban J connectivity index is 1.88. The predicted molar refractivity (Wildman–Crippen MR) is 69.9 cm³/mol. The van der Waals surface area contributed by atoms with E-state index in [1.54, 1.807) is 18.6 Å². The van der Waals surface area contributed by atoms with E-state index in [1.807, 2.05) is 0 Å². The first kappa shape index (κ1) is 12.8. The van der Waals surface area contributed by atoms with Crippen LogP contribution in [0, 0.1) is 0 Å². The first-order chi connectivity index (χ1) is 8.78. The summed E-state index contributed by atoms with van der Waals surface area (Å²) in [6.07, 6.45) is 7.32. The highest BCUT2D eigenvalue weighted by molar-refractivity contribution is 5.07. The fraction of sp³-hybridized carbons (Fsp3) is 0.429. The molecule has 2 rings (SSSR count). The molecule has 0 aliphatic heterocycles. The van der Waals surface area contributed by atoms with Crippen LogP contribution in [0.2, 0.25) is 0 Å². The van der Waals surface area contributed by atoms with E-state index in [0.29, 0.717) is 0 Å². The molecule has 2 aromatic heterocycles. The summed E-state index contributed by atoms with van der Waals surface area (Å²) in [4.78, 5) is 10.5. The van der Waals surface area contributed by atoms with Crippen LogP contribution in [0.5, 0.6) is 0 Å². The second-order valence-corrected chi connectivity index (χ2v) is 4.49. The smallest absolute Gasteiger partial charge is 0.118 e. The van der Waals surface area contributed by atoms with Crippen LogP contribution in [0.25, 0.3) is 0 Å². The summed E-state index contributed by atoms with van der Waals surface area (Å²) in [5.41, 5.74) is 0.973. The second-order valence-electron chi connectivity index (χ2n) is 4.49. The lowest BCUT2D eigenvalue weighted by Gasteiger charge is -2.13. The summed E-state index contributed by atoms with van der Waals surface area (Å²) in [6, 6.07) is 4.12. The maximum atomic E-state index is 5.75. The molecule has 2 aromatic rings. The van der Waals surface area contributed by atoms with Crippen molar-refractivity contribution in [2.45, 2.75) is 32.9 Å². The number of rotatable bonds is 6. The van der Waals surface area contributed by atoms with E-state index in [0.717, 1.165) is 43.1 Å². The maximum absolute atomic E-state index is 5.75. The minimum atomic E-state index is 0.775. The first-order valence-electron chi connectivity index (χ1n) is 6.29. The molecule has 0 amide bonds. The molecular weight excluding hydrogens is 226 g/mol. The van der Waals surface area contributed by atoms with Crippen molar-refractivity contribution in [2.24, 2.45) is 0 Å². The fourth-order valence-electron chi connectivity index (χ4n) is 1.90. The van der Waals surface area contributed by atoms with Crippen LogP contribution >= 0.6 is 0 Å². The first-order valence-corrected chi connectivity index (χ1v) is 6.29. The van der Waals surface area contributed by atoms with Crippen molar-refractivity contribution in [1.29, 1.82) is 0 Å². The molecule has 0 saturated heterocycles. The van der Waals surface area contributed by atoms with Crippen LogP contribution in [-0.2, 0) is 19.5 Å². The zero-order chi connectivity index (χ0) is 12.8. The standard InChI is InChI=1S/C14H19N3O/c1-3-4-13-5-6-14(18-13)11-17(2)10-12-9-15-7-8-16-12/h5-9H,3-4,10-11H2,1-2H3. The van der Waals surface area contributed by atoms with Gasteiger partial charge in [-0.2, -0.15) is 0 Å². The van der Waals surface area contributed by atoms with Crippen molar-refractivity contribution in [2.75, 3.05) is 7.05 Å². The lowest BCUT2D eigenvalue weighted by Crippen LogP contribution is -2.17. The minimum Gasteiger partial charge on any atom is -0.465 e. The average Bonchev–Trinajstić information content (AvgIpc) is 2.78.